The molecule has 2 aromatic heterocycles. The van der Waals surface area contributed by atoms with Gasteiger partial charge in [-0.1, -0.05) is 42.5 Å². The number of fused-ring (bicyclic) bond motifs is 1. The molecule has 0 unspecified atom stereocenters. The zero-order chi connectivity index (χ0) is 18.1. The Kier molecular flexibility index (Phi) is 4.01. The molecule has 0 spiro atoms. The molecular weight excluding hydrogens is 328 g/mol. The van der Waals surface area contributed by atoms with Gasteiger partial charge in [0.2, 0.25) is 0 Å². The molecule has 2 aromatic carbocycles. The smallest absolute Gasteiger partial charge is 0.274 e. The molecule has 0 aliphatic heterocycles. The van der Waals surface area contributed by atoms with Crippen LogP contribution in [0, 0.1) is 13.8 Å². The summed E-state index contributed by atoms with van der Waals surface area (Å²) in [4.78, 5) is 21.2. The number of ether oxygens (including phenoxy) is 1. The van der Waals surface area contributed by atoms with E-state index in [-0.39, 0.29) is 12.2 Å². The molecule has 0 radical (unpaired) electrons. The lowest BCUT2D eigenvalue weighted by atomic mass is 10.1. The minimum absolute atomic E-state index is 0.212. The Morgan fingerprint density at radius 3 is 2.65 bits per heavy atom. The molecular formula is C20H18N4O2. The van der Waals surface area contributed by atoms with Crippen LogP contribution in [0.5, 0.6) is 5.75 Å². The van der Waals surface area contributed by atoms with Gasteiger partial charge in [0.1, 0.15) is 12.4 Å². The molecule has 4 rings (SSSR count). The van der Waals surface area contributed by atoms with E-state index in [0.29, 0.717) is 17.3 Å². The largest absolute Gasteiger partial charge is 0.487 e. The number of nitrogens with one attached hydrogen (secondary N) is 1. The maximum atomic E-state index is 12.4. The van der Waals surface area contributed by atoms with Crippen LogP contribution in [0.15, 0.2) is 59.4 Å². The highest BCUT2D eigenvalue weighted by Crippen LogP contribution is 2.21. The SMILES string of the molecule is Cc1cccc(OCc2cc(=O)n3[nH]c(-c4ccccc4)nc3n2)c1C. The summed E-state index contributed by atoms with van der Waals surface area (Å²) in [5.41, 5.74) is 3.46. The summed E-state index contributed by atoms with van der Waals surface area (Å²) in [5, 5.41) is 2.99. The van der Waals surface area contributed by atoms with Gasteiger partial charge in [0.05, 0.1) is 5.69 Å². The van der Waals surface area contributed by atoms with Crippen molar-refractivity contribution in [1.82, 2.24) is 19.6 Å². The first-order valence-corrected chi connectivity index (χ1v) is 8.35. The van der Waals surface area contributed by atoms with Crippen molar-refractivity contribution in [3.8, 4) is 17.1 Å². The van der Waals surface area contributed by atoms with Gasteiger partial charge >= 0.3 is 0 Å². The van der Waals surface area contributed by atoms with Crippen molar-refractivity contribution in [2.24, 2.45) is 0 Å². The van der Waals surface area contributed by atoms with E-state index >= 15 is 0 Å². The van der Waals surface area contributed by atoms with Gasteiger partial charge in [0, 0.05) is 11.6 Å². The number of hydrogen-bond donors (Lipinski definition) is 1. The first kappa shape index (κ1) is 16.1. The van der Waals surface area contributed by atoms with Crippen molar-refractivity contribution in [3.05, 3.63) is 81.8 Å². The van der Waals surface area contributed by atoms with E-state index < -0.39 is 0 Å². The Hall–Kier alpha value is -3.41. The number of aromatic amines is 1. The van der Waals surface area contributed by atoms with Crippen molar-refractivity contribution < 1.29 is 4.74 Å². The average molecular weight is 346 g/mol. The van der Waals surface area contributed by atoms with Gasteiger partial charge in [-0.2, -0.15) is 9.50 Å². The first-order valence-electron chi connectivity index (χ1n) is 8.35. The second kappa shape index (κ2) is 6.48. The summed E-state index contributed by atoms with van der Waals surface area (Å²) in [6, 6.07) is 17.0. The molecule has 130 valence electrons. The van der Waals surface area contributed by atoms with Crippen LogP contribution >= 0.6 is 0 Å². The second-order valence-corrected chi connectivity index (χ2v) is 6.15. The quantitative estimate of drug-likeness (QED) is 0.615. The van der Waals surface area contributed by atoms with E-state index in [0.717, 1.165) is 22.4 Å². The zero-order valence-electron chi connectivity index (χ0n) is 14.6. The molecule has 0 bridgehead atoms. The van der Waals surface area contributed by atoms with E-state index in [2.05, 4.69) is 15.1 Å². The van der Waals surface area contributed by atoms with E-state index in [1.54, 1.807) is 0 Å². The standard InChI is InChI=1S/C20H18N4O2/c1-13-7-6-10-17(14(13)2)26-12-16-11-18(25)24-20(21-16)22-19(23-24)15-8-4-3-5-9-15/h3-11H,12H2,1-2H3,(H,21,22,23). The average Bonchev–Trinajstić information content (AvgIpc) is 3.08. The molecule has 26 heavy (non-hydrogen) atoms. The molecule has 0 amide bonds. The van der Waals surface area contributed by atoms with Gasteiger partial charge < -0.3 is 4.74 Å². The lowest BCUT2D eigenvalue weighted by Crippen LogP contribution is -2.16. The maximum absolute atomic E-state index is 12.4. The molecule has 0 saturated carbocycles. The summed E-state index contributed by atoms with van der Waals surface area (Å²) in [5.74, 6) is 1.72. The van der Waals surface area contributed by atoms with Crippen molar-refractivity contribution >= 4 is 5.78 Å². The topological polar surface area (TPSA) is 72.3 Å². The van der Waals surface area contributed by atoms with E-state index in [1.165, 1.54) is 10.6 Å². The summed E-state index contributed by atoms with van der Waals surface area (Å²) < 4.78 is 7.19. The molecule has 0 saturated heterocycles. The van der Waals surface area contributed by atoms with Gasteiger partial charge in [0.15, 0.2) is 5.82 Å². The zero-order valence-corrected chi connectivity index (χ0v) is 14.6. The maximum Gasteiger partial charge on any atom is 0.274 e. The monoisotopic (exact) mass is 346 g/mol. The molecule has 2 heterocycles. The Balaban J connectivity index is 1.65. The van der Waals surface area contributed by atoms with Gasteiger partial charge in [-0.25, -0.2) is 4.98 Å². The Bertz CT molecular complexity index is 1130. The van der Waals surface area contributed by atoms with Gasteiger partial charge in [-0.15, -0.1) is 0 Å². The van der Waals surface area contributed by atoms with E-state index in [4.69, 9.17) is 4.74 Å². The molecule has 0 aliphatic carbocycles. The van der Waals surface area contributed by atoms with Gasteiger partial charge in [0.25, 0.3) is 11.3 Å². The molecule has 1 N–H and O–H groups in total. The third-order valence-corrected chi connectivity index (χ3v) is 4.36. The Labute approximate surface area is 150 Å². The van der Waals surface area contributed by atoms with Crippen LogP contribution in [0.1, 0.15) is 16.8 Å². The number of H-pyrrole nitrogens is 1. The summed E-state index contributed by atoms with van der Waals surface area (Å²) in [7, 11) is 0. The predicted molar refractivity (Wildman–Crippen MR) is 99.3 cm³/mol. The van der Waals surface area contributed by atoms with Crippen molar-refractivity contribution in [2.75, 3.05) is 0 Å². The molecule has 6 heteroatoms. The fourth-order valence-corrected chi connectivity index (χ4v) is 2.76. The van der Waals surface area contributed by atoms with Crippen molar-refractivity contribution in [3.63, 3.8) is 0 Å². The normalized spacial score (nSPS) is 11.0. The Morgan fingerprint density at radius 2 is 1.85 bits per heavy atom. The number of aromatic nitrogens is 4. The van der Waals surface area contributed by atoms with Crippen LogP contribution in [0.3, 0.4) is 0 Å². The fraction of sp³-hybridized carbons (Fsp3) is 0.150. The van der Waals surface area contributed by atoms with Crippen molar-refractivity contribution in [2.45, 2.75) is 20.5 Å². The van der Waals surface area contributed by atoms with Gasteiger partial charge in [-0.3, -0.25) is 9.89 Å². The first-order chi connectivity index (χ1) is 12.6. The summed E-state index contributed by atoms with van der Waals surface area (Å²) in [6.07, 6.45) is 0. The third kappa shape index (κ3) is 2.97. The highest BCUT2D eigenvalue weighted by Gasteiger charge is 2.10. The lowest BCUT2D eigenvalue weighted by Gasteiger charge is -2.10. The minimum atomic E-state index is -0.218. The van der Waals surface area contributed by atoms with Crippen LogP contribution < -0.4 is 10.3 Å². The second-order valence-electron chi connectivity index (χ2n) is 6.15. The van der Waals surface area contributed by atoms with Crippen LogP contribution in [0.25, 0.3) is 17.2 Å². The highest BCUT2D eigenvalue weighted by molar-refractivity contribution is 5.56. The fourth-order valence-electron chi connectivity index (χ4n) is 2.76. The van der Waals surface area contributed by atoms with Crippen LogP contribution in [0.2, 0.25) is 0 Å². The number of nitrogens with zero attached hydrogens (tertiary/aromatic N) is 3. The van der Waals surface area contributed by atoms with Gasteiger partial charge in [-0.05, 0) is 31.0 Å². The minimum Gasteiger partial charge on any atom is -0.487 e. The molecule has 0 atom stereocenters. The highest BCUT2D eigenvalue weighted by atomic mass is 16.5. The predicted octanol–water partition coefficient (Wildman–Crippen LogP) is 3.28. The number of benzene rings is 2. The van der Waals surface area contributed by atoms with E-state index in [1.807, 2.05) is 62.4 Å². The van der Waals surface area contributed by atoms with Crippen LogP contribution in [-0.2, 0) is 6.61 Å². The summed E-state index contributed by atoms with van der Waals surface area (Å²) >= 11 is 0. The Morgan fingerprint density at radius 1 is 1.04 bits per heavy atom. The number of rotatable bonds is 4. The van der Waals surface area contributed by atoms with Crippen molar-refractivity contribution in [1.29, 1.82) is 0 Å². The lowest BCUT2D eigenvalue weighted by molar-refractivity contribution is 0.299. The van der Waals surface area contributed by atoms with E-state index in [9.17, 15) is 4.79 Å². The molecule has 0 aliphatic rings. The molecule has 4 aromatic rings. The third-order valence-electron chi connectivity index (χ3n) is 4.36. The molecule has 0 fully saturated rings. The van der Waals surface area contributed by atoms with Crippen LogP contribution in [0.4, 0.5) is 0 Å². The number of aryl methyl sites for hydroxylation is 1. The number of hydrogen-bond acceptors (Lipinski definition) is 4. The summed E-state index contributed by atoms with van der Waals surface area (Å²) in [6.45, 7) is 4.26. The van der Waals surface area contributed by atoms with Crippen LogP contribution in [-0.4, -0.2) is 19.6 Å². The molecule has 6 nitrogen and oxygen atoms in total.